The van der Waals surface area contributed by atoms with Crippen LogP contribution in [0, 0.1) is 6.33 Å². The van der Waals surface area contributed by atoms with E-state index < -0.39 is 150 Å². The average molecular weight is 1130 g/mol. The summed E-state index contributed by atoms with van der Waals surface area (Å²) in [5.41, 5.74) is 5.40. The number of hydrogen-bond donors (Lipinski definition) is 0. The molecule has 0 aliphatic carbocycles. The summed E-state index contributed by atoms with van der Waals surface area (Å²) >= 11 is 0. The van der Waals surface area contributed by atoms with Crippen LogP contribution in [0.25, 0.3) is 72.3 Å². The maximum Gasteiger partial charge on any atom is 0.269 e. The third-order valence-electron chi connectivity index (χ3n) is 15.5. The lowest BCUT2D eigenvalue weighted by molar-refractivity contribution is -0.570. The Bertz CT molecular complexity index is 5510. The van der Waals surface area contributed by atoms with Crippen molar-refractivity contribution in [3.05, 3.63) is 284 Å². The minimum absolute atomic E-state index is 0.190. The van der Waals surface area contributed by atoms with Gasteiger partial charge in [-0.1, -0.05) is 256 Å². The molecule has 0 saturated carbocycles. The van der Waals surface area contributed by atoms with E-state index in [0.29, 0.717) is 34.1 Å². The van der Waals surface area contributed by atoms with Crippen molar-refractivity contribution in [1.82, 2.24) is 14.1 Å². The quantitative estimate of drug-likeness (QED) is 0.0560. The SMILES string of the molecule is [2H]c1c([2H])c([2H])c(-c2cccc([Si](c3c([2H])c([2H])c([2H])c([2H])c3[2H])(c3c([2H])c([2H])c([2H])c([2H])c3[2H])c3c([2H])c([2H])c([2H])c([2H])c3[2H])c2-[n+]2[c-]n(-c3cccc(Oc4ccc5c6ccccc6n(-c6cc(C(C)(C)C)ccn6)c5c4)c3)c3cc(-c4cc(C(C)(C)C)cc(C(C)(C)C)c4)ccc32)c([2H])c1[2H]. The van der Waals surface area contributed by atoms with Crippen LogP contribution >= 0.6 is 0 Å². The van der Waals surface area contributed by atoms with Crippen LogP contribution in [0.3, 0.4) is 0 Å². The molecular weight excluding hydrogens is 1040 g/mol. The summed E-state index contributed by atoms with van der Waals surface area (Å²) in [5, 5.41) is -0.872. The van der Waals surface area contributed by atoms with Crippen molar-refractivity contribution in [1.29, 1.82) is 0 Å². The zero-order valence-corrected chi connectivity index (χ0v) is 49.0. The van der Waals surface area contributed by atoms with Crippen molar-refractivity contribution < 1.29 is 36.7 Å². The van der Waals surface area contributed by atoms with E-state index in [1.54, 1.807) is 41.1 Å². The van der Waals surface area contributed by atoms with E-state index in [1.807, 2.05) is 54.6 Å². The Labute approximate surface area is 523 Å². The monoisotopic (exact) mass is 1130 g/mol. The fourth-order valence-electron chi connectivity index (χ4n) is 11.2. The molecule has 0 atom stereocenters. The number of ether oxygens (including phenoxy) is 1. The van der Waals surface area contributed by atoms with Crippen LogP contribution in [0.4, 0.5) is 0 Å². The van der Waals surface area contributed by atoms with E-state index in [2.05, 4.69) is 104 Å². The average Bonchev–Trinajstić information content (AvgIpc) is 0.706. The largest absolute Gasteiger partial charge is 0.458 e. The Morgan fingerprint density at radius 1 is 0.464 bits per heavy atom. The first kappa shape index (κ1) is 35.6. The van der Waals surface area contributed by atoms with Crippen LogP contribution in [0.5, 0.6) is 11.5 Å². The van der Waals surface area contributed by atoms with Crippen LogP contribution in [0.1, 0.15) is 106 Å². The molecule has 0 saturated heterocycles. The Hall–Kier alpha value is -9.36. The molecule has 3 heterocycles. The van der Waals surface area contributed by atoms with E-state index >= 15 is 0 Å². The molecule has 0 unspecified atom stereocenters. The number of pyridine rings is 1. The van der Waals surface area contributed by atoms with Gasteiger partial charge in [0, 0.05) is 23.0 Å². The lowest BCUT2D eigenvalue weighted by Crippen LogP contribution is -2.76. The van der Waals surface area contributed by atoms with Crippen molar-refractivity contribution in [3.63, 3.8) is 0 Å². The number of fused-ring (bicyclic) bond motifs is 4. The fourth-order valence-corrected chi connectivity index (χ4v) is 15.2. The highest BCUT2D eigenvalue weighted by Crippen LogP contribution is 2.39. The Balaban J connectivity index is 1.20. The van der Waals surface area contributed by atoms with Crippen LogP contribution < -0.4 is 30.1 Å². The molecule has 6 heteroatoms. The highest BCUT2D eigenvalue weighted by molar-refractivity contribution is 7.20. The van der Waals surface area contributed by atoms with Crippen LogP contribution in [0.15, 0.2) is 261 Å². The third kappa shape index (κ3) is 9.74. The van der Waals surface area contributed by atoms with E-state index in [0.717, 1.165) is 44.1 Å². The van der Waals surface area contributed by atoms with Gasteiger partial charge in [0.1, 0.15) is 17.3 Å². The summed E-state index contributed by atoms with van der Waals surface area (Å²) in [5.74, 6) is 1.48. The van der Waals surface area contributed by atoms with Gasteiger partial charge in [-0.05, 0) is 131 Å². The summed E-state index contributed by atoms with van der Waals surface area (Å²) in [6.07, 6.45) is 5.33. The van der Waals surface area contributed by atoms with Crippen LogP contribution in [-0.2, 0) is 16.2 Å². The predicted molar refractivity (Wildman–Crippen MR) is 353 cm³/mol. The highest BCUT2D eigenvalue weighted by atomic mass is 28.3. The Morgan fingerprint density at radius 2 is 1.05 bits per heavy atom. The topological polar surface area (TPSA) is 35.9 Å². The Kier molecular flexibility index (Phi) is 8.95. The van der Waals surface area contributed by atoms with Gasteiger partial charge in [-0.3, -0.25) is 13.7 Å². The number of imidazole rings is 1. The van der Waals surface area contributed by atoms with Gasteiger partial charge in [0.25, 0.3) is 6.33 Å². The van der Waals surface area contributed by atoms with Gasteiger partial charge in [-0.15, -0.1) is 0 Å². The van der Waals surface area contributed by atoms with Crippen molar-refractivity contribution in [3.8, 4) is 50.9 Å². The number of hydrogen-bond acceptors (Lipinski definition) is 2. The predicted octanol–water partition coefficient (Wildman–Crippen LogP) is 16.6. The number of nitrogens with zero attached hydrogens (tertiary/aromatic N) is 4. The maximum atomic E-state index is 10.1. The van der Waals surface area contributed by atoms with Crippen LogP contribution in [-0.4, -0.2) is 22.2 Å². The zero-order valence-electron chi connectivity index (χ0n) is 68.0. The molecular formula is C78H70N4OSi. The van der Waals surface area contributed by atoms with Crippen molar-refractivity contribution >= 4 is 61.7 Å². The molecule has 0 amide bonds. The molecule has 0 aliphatic heterocycles. The molecule has 412 valence electrons. The molecule has 0 fully saturated rings. The fraction of sp³-hybridized carbons (Fsp3) is 0.154. The van der Waals surface area contributed by atoms with Gasteiger partial charge in [0.2, 0.25) is 0 Å². The third-order valence-corrected chi connectivity index (χ3v) is 19.7. The highest BCUT2D eigenvalue weighted by Gasteiger charge is 2.44. The van der Waals surface area contributed by atoms with Gasteiger partial charge in [-0.25, -0.2) is 4.98 Å². The second-order valence-electron chi connectivity index (χ2n) is 24.0. The first-order chi connectivity index (χ1) is 48.8. The summed E-state index contributed by atoms with van der Waals surface area (Å²) in [4.78, 5) is 4.88. The van der Waals surface area contributed by atoms with Crippen LogP contribution in [0.2, 0.25) is 0 Å². The molecule has 0 radical (unpaired) electrons. The molecule has 10 aromatic carbocycles. The number of rotatable bonds is 11. The number of aromatic nitrogens is 4. The van der Waals surface area contributed by atoms with E-state index in [1.165, 1.54) is 22.8 Å². The summed E-state index contributed by atoms with van der Waals surface area (Å²) in [7, 11) is -6.10. The van der Waals surface area contributed by atoms with Gasteiger partial charge < -0.3 is 4.74 Å². The van der Waals surface area contributed by atoms with Gasteiger partial charge >= 0.3 is 0 Å². The molecule has 0 N–H and O–H groups in total. The Morgan fingerprint density at radius 3 is 1.68 bits per heavy atom. The minimum Gasteiger partial charge on any atom is -0.458 e. The molecule has 0 aliphatic rings. The summed E-state index contributed by atoms with van der Waals surface area (Å²) < 4.78 is 202. The molecule has 13 aromatic rings. The first-order valence-electron chi connectivity index (χ1n) is 37.7. The van der Waals surface area contributed by atoms with Gasteiger partial charge in [0.05, 0.1) is 60.9 Å². The molecule has 0 bridgehead atoms. The smallest absolute Gasteiger partial charge is 0.269 e. The van der Waals surface area contributed by atoms with Crippen molar-refractivity contribution in [2.45, 2.75) is 78.6 Å². The summed E-state index contributed by atoms with van der Waals surface area (Å²) in [6.45, 7) is 19.1. The lowest BCUT2D eigenvalue weighted by atomic mass is 9.79. The molecule has 84 heavy (non-hydrogen) atoms. The minimum atomic E-state index is -6.10. The second kappa shape index (κ2) is 21.1. The van der Waals surface area contributed by atoms with Gasteiger partial charge in [0.15, 0.2) is 8.07 Å². The maximum absolute atomic E-state index is 10.1. The van der Waals surface area contributed by atoms with E-state index in [4.69, 9.17) is 17.9 Å². The zero-order chi connectivity index (χ0) is 75.4. The molecule has 0 spiro atoms. The first-order valence-corrected chi connectivity index (χ1v) is 29.7. The molecule has 5 nitrogen and oxygen atoms in total. The number of para-hydroxylation sites is 2. The van der Waals surface area contributed by atoms with E-state index in [-0.39, 0.29) is 38.2 Å². The normalized spacial score (nSPS) is 15.7. The standard InChI is InChI=1S/C78H70N4OSi/c1-76(2,3)57-44-45-79-74(50-57)82-69-38-23-22-36-67(69)68-42-41-62(52-71(68)82)83-61-29-24-28-60(51-61)80-53-81(70-43-40-55(48-72(70)80)56-46-58(77(4,5)6)49-59(47-56)78(7,8)9)75-66(54-26-14-10-15-27-54)37-25-39-73(75)84(63-30-16-11-17-31-63,64-32-18-12-19-33-64)65-34-20-13-21-35-65/h10-52H,1-9H3/i10D,11D,12D,13D,14D,15D,16D,17D,18D,19D,20D,21D,26D,27D,30D,31D,32D,33D,34D,35D. The van der Waals surface area contributed by atoms with E-state index in [9.17, 15) is 19.2 Å². The second-order valence-corrected chi connectivity index (χ2v) is 27.5. The number of benzene rings is 10. The van der Waals surface area contributed by atoms with Crippen molar-refractivity contribution in [2.75, 3.05) is 0 Å². The lowest BCUT2D eigenvalue weighted by Gasteiger charge is -2.36. The molecule has 3 aromatic heterocycles. The molecule has 13 rings (SSSR count). The van der Waals surface area contributed by atoms with Gasteiger partial charge in [-0.2, -0.15) is 0 Å². The summed E-state index contributed by atoms with van der Waals surface area (Å²) in [6, 6.07) is 22.1. The van der Waals surface area contributed by atoms with Crippen molar-refractivity contribution in [2.24, 2.45) is 0 Å².